The summed E-state index contributed by atoms with van der Waals surface area (Å²) < 4.78 is 24.4. The van der Waals surface area contributed by atoms with E-state index in [0.717, 1.165) is 0 Å². The van der Waals surface area contributed by atoms with Crippen molar-refractivity contribution in [1.29, 1.82) is 5.41 Å². The third-order valence-corrected chi connectivity index (χ3v) is 2.31. The minimum atomic E-state index is -2.48. The van der Waals surface area contributed by atoms with Crippen LogP contribution in [0.1, 0.15) is 5.56 Å². The summed E-state index contributed by atoms with van der Waals surface area (Å²) in [5.41, 5.74) is 5.57. The summed E-state index contributed by atoms with van der Waals surface area (Å²) in [6, 6.07) is 1.46. The Hall–Kier alpha value is -1.43. The van der Waals surface area contributed by atoms with Crippen LogP contribution < -0.4 is 10.6 Å². The Morgan fingerprint density at radius 3 is 2.81 bits per heavy atom. The molecule has 3 N–H and O–H groups in total. The fraction of sp³-hybridized carbons (Fsp3) is 0.333. The number of anilines is 1. The van der Waals surface area contributed by atoms with Crippen molar-refractivity contribution in [2.45, 2.75) is 6.43 Å². The highest BCUT2D eigenvalue weighted by molar-refractivity contribution is 6.36. The fourth-order valence-electron chi connectivity index (χ4n) is 1.20. The van der Waals surface area contributed by atoms with E-state index < -0.39 is 13.0 Å². The summed E-state index contributed by atoms with van der Waals surface area (Å²) in [5.74, 6) is -0.0336. The number of hydrogen-bond donors (Lipinski definition) is 2. The molecule has 4 nitrogen and oxygen atoms in total. The molecule has 1 aromatic rings. The van der Waals surface area contributed by atoms with Gasteiger partial charge in [-0.25, -0.2) is 13.8 Å². The van der Waals surface area contributed by atoms with E-state index in [4.69, 9.17) is 22.7 Å². The maximum absolute atomic E-state index is 12.2. The lowest BCUT2D eigenvalue weighted by Gasteiger charge is -2.19. The molecule has 0 amide bonds. The van der Waals surface area contributed by atoms with E-state index in [2.05, 4.69) is 4.98 Å². The maximum Gasteiger partial charge on any atom is 0.255 e. The molecule has 0 spiro atoms. The lowest BCUT2D eigenvalue weighted by Crippen LogP contribution is -2.26. The second kappa shape index (κ2) is 5.07. The molecule has 0 fully saturated rings. The standard InChI is InChI=1S/C9H11ClF2N4/c1-16(4-6(11)12)9-7(10)5(8(13)14)2-3-15-9/h2-3,6H,4H2,1H3,(H3,13,14). The van der Waals surface area contributed by atoms with Crippen molar-refractivity contribution in [2.75, 3.05) is 18.5 Å². The number of nitrogens with one attached hydrogen (secondary N) is 1. The van der Waals surface area contributed by atoms with Gasteiger partial charge in [0, 0.05) is 18.8 Å². The predicted octanol–water partition coefficient (Wildman–Crippen LogP) is 1.72. The summed E-state index contributed by atoms with van der Waals surface area (Å²) in [6.07, 6.45) is -1.11. The van der Waals surface area contributed by atoms with Crippen LogP contribution in [0.2, 0.25) is 5.02 Å². The van der Waals surface area contributed by atoms with Crippen LogP contribution in [0.4, 0.5) is 14.6 Å². The first-order valence-corrected chi connectivity index (χ1v) is 4.79. The normalized spacial score (nSPS) is 10.6. The topological polar surface area (TPSA) is 66.0 Å². The second-order valence-electron chi connectivity index (χ2n) is 3.18. The van der Waals surface area contributed by atoms with Crippen molar-refractivity contribution in [3.63, 3.8) is 0 Å². The molecule has 0 unspecified atom stereocenters. The number of pyridine rings is 1. The molecule has 16 heavy (non-hydrogen) atoms. The number of amidine groups is 1. The van der Waals surface area contributed by atoms with Crippen LogP contribution in [0.25, 0.3) is 0 Å². The van der Waals surface area contributed by atoms with Gasteiger partial charge in [-0.3, -0.25) is 5.41 Å². The van der Waals surface area contributed by atoms with Crippen LogP contribution in [0, 0.1) is 5.41 Å². The van der Waals surface area contributed by atoms with Crippen LogP contribution in [-0.4, -0.2) is 30.8 Å². The van der Waals surface area contributed by atoms with E-state index in [1.807, 2.05) is 0 Å². The monoisotopic (exact) mass is 248 g/mol. The van der Waals surface area contributed by atoms with Gasteiger partial charge < -0.3 is 10.6 Å². The summed E-state index contributed by atoms with van der Waals surface area (Å²) in [7, 11) is 1.45. The first kappa shape index (κ1) is 12.6. The average Bonchev–Trinajstić information content (AvgIpc) is 2.16. The highest BCUT2D eigenvalue weighted by atomic mass is 35.5. The first-order valence-electron chi connectivity index (χ1n) is 4.41. The zero-order chi connectivity index (χ0) is 12.3. The van der Waals surface area contributed by atoms with Gasteiger partial charge in [0.1, 0.15) is 11.7 Å². The summed E-state index contributed by atoms with van der Waals surface area (Å²) in [6.45, 7) is -0.478. The lowest BCUT2D eigenvalue weighted by molar-refractivity contribution is 0.156. The molecule has 0 saturated carbocycles. The molecule has 0 aromatic carbocycles. The molecule has 0 bridgehead atoms. The summed E-state index contributed by atoms with van der Waals surface area (Å²) >= 11 is 5.91. The van der Waals surface area contributed by atoms with Crippen LogP contribution in [0.5, 0.6) is 0 Å². The molecular formula is C9H11ClF2N4. The van der Waals surface area contributed by atoms with Gasteiger partial charge >= 0.3 is 0 Å². The Balaban J connectivity index is 3.05. The lowest BCUT2D eigenvalue weighted by atomic mass is 10.2. The van der Waals surface area contributed by atoms with Gasteiger partial charge in [0.15, 0.2) is 0 Å². The van der Waals surface area contributed by atoms with Gasteiger partial charge in [-0.2, -0.15) is 0 Å². The van der Waals surface area contributed by atoms with Gasteiger partial charge in [0.2, 0.25) is 0 Å². The number of rotatable bonds is 4. The van der Waals surface area contributed by atoms with Gasteiger partial charge in [0.05, 0.1) is 11.6 Å². The van der Waals surface area contributed by atoms with Crippen LogP contribution in [0.15, 0.2) is 12.3 Å². The molecular weight excluding hydrogens is 238 g/mol. The molecule has 0 atom stereocenters. The Morgan fingerprint density at radius 1 is 1.69 bits per heavy atom. The smallest absolute Gasteiger partial charge is 0.255 e. The largest absolute Gasteiger partial charge is 0.384 e. The minimum Gasteiger partial charge on any atom is -0.384 e. The Bertz CT molecular complexity index is 397. The van der Waals surface area contributed by atoms with E-state index in [9.17, 15) is 8.78 Å². The molecule has 0 aliphatic heterocycles. The molecule has 1 rings (SSSR count). The highest BCUT2D eigenvalue weighted by Crippen LogP contribution is 2.26. The Morgan fingerprint density at radius 2 is 2.31 bits per heavy atom. The van der Waals surface area contributed by atoms with Crippen molar-refractivity contribution in [1.82, 2.24) is 4.98 Å². The number of alkyl halides is 2. The number of nitrogens with two attached hydrogens (primary N) is 1. The zero-order valence-electron chi connectivity index (χ0n) is 8.54. The number of nitrogen functional groups attached to an aromatic ring is 1. The van der Waals surface area contributed by atoms with E-state index in [1.54, 1.807) is 0 Å². The molecule has 1 aromatic heterocycles. The van der Waals surface area contributed by atoms with Crippen molar-refractivity contribution < 1.29 is 8.78 Å². The maximum atomic E-state index is 12.2. The van der Waals surface area contributed by atoms with Gasteiger partial charge in [-0.1, -0.05) is 11.6 Å². The van der Waals surface area contributed by atoms with Crippen molar-refractivity contribution in [3.8, 4) is 0 Å². The van der Waals surface area contributed by atoms with E-state index >= 15 is 0 Å². The second-order valence-corrected chi connectivity index (χ2v) is 3.56. The third-order valence-electron chi connectivity index (χ3n) is 1.93. The van der Waals surface area contributed by atoms with Crippen LogP contribution >= 0.6 is 11.6 Å². The average molecular weight is 249 g/mol. The number of hydrogen-bond acceptors (Lipinski definition) is 3. The van der Waals surface area contributed by atoms with E-state index in [1.165, 1.54) is 24.2 Å². The number of nitrogens with zero attached hydrogens (tertiary/aromatic N) is 2. The van der Waals surface area contributed by atoms with Crippen LogP contribution in [-0.2, 0) is 0 Å². The summed E-state index contributed by atoms with van der Waals surface area (Å²) in [4.78, 5) is 5.10. The van der Waals surface area contributed by atoms with Gasteiger partial charge in [0.25, 0.3) is 6.43 Å². The number of halogens is 3. The minimum absolute atomic E-state index is 0.109. The fourth-order valence-corrected chi connectivity index (χ4v) is 1.56. The quantitative estimate of drug-likeness (QED) is 0.630. The van der Waals surface area contributed by atoms with E-state index in [0.29, 0.717) is 0 Å². The van der Waals surface area contributed by atoms with Gasteiger partial charge in [-0.15, -0.1) is 0 Å². The van der Waals surface area contributed by atoms with Gasteiger partial charge in [-0.05, 0) is 6.07 Å². The molecule has 0 saturated heterocycles. The molecule has 0 aliphatic rings. The third kappa shape index (κ3) is 2.79. The summed E-state index contributed by atoms with van der Waals surface area (Å²) in [5, 5.41) is 7.36. The molecule has 1 heterocycles. The van der Waals surface area contributed by atoms with Crippen molar-refractivity contribution >= 4 is 23.3 Å². The molecule has 0 radical (unpaired) electrons. The predicted molar refractivity (Wildman–Crippen MR) is 59.5 cm³/mol. The van der Waals surface area contributed by atoms with E-state index in [-0.39, 0.29) is 22.2 Å². The molecule has 0 aliphatic carbocycles. The Kier molecular flexibility index (Phi) is 4.00. The first-order chi connectivity index (χ1) is 7.43. The Labute approximate surface area is 96.5 Å². The molecule has 88 valence electrons. The zero-order valence-corrected chi connectivity index (χ0v) is 9.30. The SMILES string of the molecule is CN(CC(F)F)c1nccc(C(=N)N)c1Cl. The molecule has 7 heteroatoms. The highest BCUT2D eigenvalue weighted by Gasteiger charge is 2.16. The number of aromatic nitrogens is 1. The van der Waals surface area contributed by atoms with Crippen molar-refractivity contribution in [2.24, 2.45) is 5.73 Å². The van der Waals surface area contributed by atoms with Crippen molar-refractivity contribution in [3.05, 3.63) is 22.8 Å². The van der Waals surface area contributed by atoms with Crippen LogP contribution in [0.3, 0.4) is 0 Å².